The molecule has 0 aromatic rings. The van der Waals surface area contributed by atoms with Gasteiger partial charge in [0.2, 0.25) is 0 Å². The lowest BCUT2D eigenvalue weighted by molar-refractivity contribution is -0.332. The predicted octanol–water partition coefficient (Wildman–Crippen LogP) is 5.40. The van der Waals surface area contributed by atoms with Gasteiger partial charge in [-0.15, -0.1) is 0 Å². The van der Waals surface area contributed by atoms with Crippen LogP contribution >= 0.6 is 0 Å². The van der Waals surface area contributed by atoms with E-state index in [0.29, 0.717) is 13.0 Å². The summed E-state index contributed by atoms with van der Waals surface area (Å²) in [6.07, 6.45) is 22.9. The van der Waals surface area contributed by atoms with Gasteiger partial charge in [-0.1, -0.05) is 113 Å². The molecule has 0 spiro atoms. The fourth-order valence-electron chi connectivity index (χ4n) is 6.75. The zero-order chi connectivity index (χ0) is 44.5. The maximum absolute atomic E-state index is 12.9. The van der Waals surface area contributed by atoms with E-state index in [4.69, 9.17) is 28.4 Å². The summed E-state index contributed by atoms with van der Waals surface area (Å²) in [5.74, 6) is -0.413. The van der Waals surface area contributed by atoms with E-state index < -0.39 is 86.7 Å². The predicted molar refractivity (Wildman–Crippen MR) is 233 cm³/mol. The minimum atomic E-state index is -1.71. The topological polar surface area (TPSA) is 214 Å². The molecule has 14 nitrogen and oxygen atoms in total. The summed E-state index contributed by atoms with van der Waals surface area (Å²) in [6.45, 7) is 3.41. The zero-order valence-electron chi connectivity index (χ0n) is 36.9. The van der Waals surface area contributed by atoms with Crippen LogP contribution in [0.3, 0.4) is 0 Å². The van der Waals surface area contributed by atoms with Crippen molar-refractivity contribution >= 4 is 5.97 Å². The fraction of sp³-hybridized carbons (Fsp3) is 0.766. The third kappa shape index (κ3) is 23.8. The van der Waals surface area contributed by atoms with Gasteiger partial charge in [0.1, 0.15) is 54.9 Å². The Morgan fingerprint density at radius 2 is 1.07 bits per heavy atom. The second-order valence-corrected chi connectivity index (χ2v) is 15.8. The molecule has 2 heterocycles. The number of hydrogen-bond acceptors (Lipinski definition) is 14. The van der Waals surface area contributed by atoms with Crippen molar-refractivity contribution in [3.63, 3.8) is 0 Å². The summed E-state index contributed by atoms with van der Waals surface area (Å²) in [7, 11) is 0. The third-order valence-corrected chi connectivity index (χ3v) is 10.5. The average molecular weight is 869 g/mol. The number of allylic oxidation sites excluding steroid dienone is 10. The highest BCUT2D eigenvalue weighted by molar-refractivity contribution is 5.69. The number of carbonyl (C=O) groups excluding carboxylic acids is 1. The van der Waals surface area contributed by atoms with Crippen LogP contribution in [0.1, 0.15) is 129 Å². The number of esters is 1. The molecule has 0 radical (unpaired) electrons. The normalized spacial score (nSPS) is 28.0. The SMILES string of the molecule is CC/C=C\C/C=C\C/C=C\CCCCCC(=O)OC(COCCCCCCCC/C=C\C/C=C\CCC)COC1OC(COC2OC(CO)C(O)C(O)C2O)C(O)C(O)C1O. The van der Waals surface area contributed by atoms with Gasteiger partial charge in [0, 0.05) is 13.0 Å². The minimum absolute atomic E-state index is 0.0392. The van der Waals surface area contributed by atoms with Gasteiger partial charge in [0.15, 0.2) is 12.6 Å². The standard InChI is InChI=1S/C47H80O14/c1-3-5-7-9-11-13-15-17-19-21-23-25-27-29-31-56-33-36(59-39(49)30-28-26-24-22-20-18-16-14-12-10-8-6-4-2)34-57-46-45(55)43(53)41(51)38(61-46)35-58-47-44(54)42(52)40(50)37(32-48)60-47/h6-9,12-15,18,20,36-38,40-48,50-55H,3-5,10-11,16-17,19,21-35H2,1-2H3/b8-6-,9-7-,14-12-,15-13-,20-18-. The molecule has 0 amide bonds. The molecule has 352 valence electrons. The van der Waals surface area contributed by atoms with Crippen LogP contribution in [0.5, 0.6) is 0 Å². The van der Waals surface area contributed by atoms with Crippen LogP contribution in [0, 0.1) is 0 Å². The van der Waals surface area contributed by atoms with Crippen LogP contribution in [0.15, 0.2) is 60.8 Å². The van der Waals surface area contributed by atoms with Crippen molar-refractivity contribution in [3.8, 4) is 0 Å². The number of aliphatic hydroxyl groups excluding tert-OH is 7. The molecule has 2 saturated heterocycles. The minimum Gasteiger partial charge on any atom is -0.457 e. The maximum Gasteiger partial charge on any atom is 0.306 e. The molecule has 7 N–H and O–H groups in total. The first-order chi connectivity index (χ1) is 29.6. The number of hydrogen-bond donors (Lipinski definition) is 7. The van der Waals surface area contributed by atoms with Gasteiger partial charge >= 0.3 is 5.97 Å². The Morgan fingerprint density at radius 3 is 1.67 bits per heavy atom. The highest BCUT2D eigenvalue weighted by Crippen LogP contribution is 2.26. The summed E-state index contributed by atoms with van der Waals surface area (Å²) >= 11 is 0. The molecule has 2 aliphatic rings. The van der Waals surface area contributed by atoms with Crippen molar-refractivity contribution in [2.45, 2.75) is 197 Å². The molecule has 11 unspecified atom stereocenters. The smallest absolute Gasteiger partial charge is 0.306 e. The van der Waals surface area contributed by atoms with Crippen LogP contribution in [0.2, 0.25) is 0 Å². The van der Waals surface area contributed by atoms with E-state index in [1.165, 1.54) is 19.3 Å². The van der Waals surface area contributed by atoms with E-state index in [1.807, 2.05) is 0 Å². The second kappa shape index (κ2) is 35.1. The van der Waals surface area contributed by atoms with Crippen LogP contribution < -0.4 is 0 Å². The van der Waals surface area contributed by atoms with E-state index in [-0.39, 0.29) is 19.6 Å². The van der Waals surface area contributed by atoms with Gasteiger partial charge in [0.25, 0.3) is 0 Å². The molecular formula is C47H80O14. The van der Waals surface area contributed by atoms with E-state index in [9.17, 15) is 40.5 Å². The Kier molecular flexibility index (Phi) is 31.5. The molecule has 2 fully saturated rings. The van der Waals surface area contributed by atoms with Crippen molar-refractivity contribution in [1.29, 1.82) is 0 Å². The summed E-state index contributed by atoms with van der Waals surface area (Å²) < 4.78 is 34.1. The molecular weight excluding hydrogens is 789 g/mol. The number of carbonyl (C=O) groups is 1. The summed E-state index contributed by atoms with van der Waals surface area (Å²) in [5, 5.41) is 71.9. The van der Waals surface area contributed by atoms with Gasteiger partial charge in [-0.25, -0.2) is 0 Å². The lowest BCUT2D eigenvalue weighted by Gasteiger charge is -2.42. The van der Waals surface area contributed by atoms with E-state index in [1.54, 1.807) is 0 Å². The number of aliphatic hydroxyl groups is 7. The van der Waals surface area contributed by atoms with Gasteiger partial charge in [-0.3, -0.25) is 4.79 Å². The van der Waals surface area contributed by atoms with E-state index in [2.05, 4.69) is 74.6 Å². The highest BCUT2D eigenvalue weighted by atomic mass is 16.7. The Bertz CT molecular complexity index is 1240. The molecule has 14 heteroatoms. The first kappa shape index (κ1) is 54.8. The highest BCUT2D eigenvalue weighted by Gasteiger charge is 2.47. The lowest BCUT2D eigenvalue weighted by atomic mass is 9.98. The number of unbranched alkanes of at least 4 members (excludes halogenated alkanes) is 10. The Labute approximate surface area is 364 Å². The summed E-state index contributed by atoms with van der Waals surface area (Å²) in [6, 6.07) is 0. The Balaban J connectivity index is 1.84. The van der Waals surface area contributed by atoms with Crippen molar-refractivity contribution in [3.05, 3.63) is 60.8 Å². The van der Waals surface area contributed by atoms with E-state index in [0.717, 1.165) is 83.5 Å². The van der Waals surface area contributed by atoms with Crippen LogP contribution in [0.25, 0.3) is 0 Å². The molecule has 0 aromatic heterocycles. The molecule has 0 aromatic carbocycles. The van der Waals surface area contributed by atoms with Crippen LogP contribution in [-0.2, 0) is 33.2 Å². The molecule has 0 saturated carbocycles. The third-order valence-electron chi connectivity index (χ3n) is 10.5. The monoisotopic (exact) mass is 869 g/mol. The van der Waals surface area contributed by atoms with Gasteiger partial charge in [-0.05, 0) is 70.6 Å². The lowest BCUT2D eigenvalue weighted by Crippen LogP contribution is -2.61. The van der Waals surface area contributed by atoms with Crippen molar-refractivity contribution in [2.24, 2.45) is 0 Å². The Hall–Kier alpha value is -2.31. The quantitative estimate of drug-likeness (QED) is 0.0245. The molecule has 0 aliphatic carbocycles. The first-order valence-corrected chi connectivity index (χ1v) is 22.9. The molecule has 2 aliphatic heterocycles. The first-order valence-electron chi connectivity index (χ1n) is 22.9. The molecule has 11 atom stereocenters. The Morgan fingerprint density at radius 1 is 0.557 bits per heavy atom. The van der Waals surface area contributed by atoms with Gasteiger partial charge in [0.05, 0.1) is 26.4 Å². The summed E-state index contributed by atoms with van der Waals surface area (Å²) in [5.41, 5.74) is 0. The van der Waals surface area contributed by atoms with Crippen molar-refractivity contribution in [2.75, 3.05) is 33.0 Å². The fourth-order valence-corrected chi connectivity index (χ4v) is 6.75. The van der Waals surface area contributed by atoms with Gasteiger partial charge < -0.3 is 64.2 Å². The zero-order valence-corrected chi connectivity index (χ0v) is 36.9. The number of rotatable bonds is 34. The maximum atomic E-state index is 12.9. The van der Waals surface area contributed by atoms with Crippen LogP contribution in [-0.4, -0.2) is 142 Å². The molecule has 61 heavy (non-hydrogen) atoms. The average Bonchev–Trinajstić information content (AvgIpc) is 3.25. The van der Waals surface area contributed by atoms with Gasteiger partial charge in [-0.2, -0.15) is 0 Å². The van der Waals surface area contributed by atoms with Crippen molar-refractivity contribution in [1.82, 2.24) is 0 Å². The summed E-state index contributed by atoms with van der Waals surface area (Å²) in [4.78, 5) is 12.9. The second-order valence-electron chi connectivity index (χ2n) is 15.8. The number of ether oxygens (including phenoxy) is 6. The van der Waals surface area contributed by atoms with E-state index >= 15 is 0 Å². The molecule has 2 rings (SSSR count). The largest absolute Gasteiger partial charge is 0.457 e. The molecule has 0 bridgehead atoms. The van der Waals surface area contributed by atoms with Crippen molar-refractivity contribution < 1.29 is 69.0 Å². The van der Waals surface area contributed by atoms with Crippen LogP contribution in [0.4, 0.5) is 0 Å².